The number of benzene rings is 1. The van der Waals surface area contributed by atoms with Crippen molar-refractivity contribution in [1.82, 2.24) is 10.6 Å². The Hall–Kier alpha value is -1.59. The zero-order valence-electron chi connectivity index (χ0n) is 13.6. The van der Waals surface area contributed by atoms with E-state index in [0.29, 0.717) is 18.3 Å². The van der Waals surface area contributed by atoms with Crippen molar-refractivity contribution in [3.8, 4) is 5.75 Å². The Kier molecular flexibility index (Phi) is 5.42. The highest BCUT2D eigenvalue weighted by Gasteiger charge is 2.23. The highest BCUT2D eigenvalue weighted by atomic mass is 16.5. The van der Waals surface area contributed by atoms with Crippen molar-refractivity contribution in [2.45, 2.75) is 51.3 Å². The van der Waals surface area contributed by atoms with Gasteiger partial charge in [-0.15, -0.1) is 0 Å². The third-order valence-corrected chi connectivity index (χ3v) is 3.53. The summed E-state index contributed by atoms with van der Waals surface area (Å²) in [7, 11) is 0. The molecule has 0 heterocycles. The van der Waals surface area contributed by atoms with E-state index in [-0.39, 0.29) is 18.6 Å². The van der Waals surface area contributed by atoms with Crippen LogP contribution in [0.1, 0.15) is 45.2 Å². The topological polar surface area (TPSA) is 70.6 Å². The van der Waals surface area contributed by atoms with Gasteiger partial charge in [0.1, 0.15) is 5.75 Å². The lowest BCUT2D eigenvalue weighted by Crippen LogP contribution is -2.36. The first-order valence-corrected chi connectivity index (χ1v) is 7.81. The van der Waals surface area contributed by atoms with Crippen molar-refractivity contribution in [1.29, 1.82) is 0 Å². The van der Waals surface area contributed by atoms with Crippen LogP contribution in [-0.4, -0.2) is 35.8 Å². The van der Waals surface area contributed by atoms with Gasteiger partial charge < -0.3 is 20.5 Å². The van der Waals surface area contributed by atoms with E-state index in [1.165, 1.54) is 0 Å². The molecule has 1 aromatic rings. The molecular weight excluding hydrogens is 280 g/mol. The van der Waals surface area contributed by atoms with Crippen LogP contribution in [0.25, 0.3) is 0 Å². The molecule has 1 atom stereocenters. The monoisotopic (exact) mass is 306 g/mol. The minimum Gasteiger partial charge on any atom is -0.484 e. The number of amides is 1. The second-order valence-corrected chi connectivity index (χ2v) is 6.61. The summed E-state index contributed by atoms with van der Waals surface area (Å²) in [5.74, 6) is 0.621. The Morgan fingerprint density at radius 1 is 1.36 bits per heavy atom. The average molecular weight is 306 g/mol. The van der Waals surface area contributed by atoms with Gasteiger partial charge in [-0.2, -0.15) is 0 Å². The van der Waals surface area contributed by atoms with E-state index >= 15 is 0 Å². The molecule has 122 valence electrons. The number of aliphatic hydroxyl groups is 1. The van der Waals surface area contributed by atoms with Crippen molar-refractivity contribution in [3.63, 3.8) is 0 Å². The summed E-state index contributed by atoms with van der Waals surface area (Å²) in [6.07, 6.45) is 2.16. The fourth-order valence-electron chi connectivity index (χ4n) is 2.02. The molecule has 0 aliphatic heterocycles. The molecule has 1 aromatic carbocycles. The van der Waals surface area contributed by atoms with E-state index in [0.717, 1.165) is 18.4 Å². The number of ether oxygens (including phenoxy) is 1. The van der Waals surface area contributed by atoms with Crippen LogP contribution in [0.3, 0.4) is 0 Å². The van der Waals surface area contributed by atoms with Crippen LogP contribution in [0.2, 0.25) is 0 Å². The molecule has 22 heavy (non-hydrogen) atoms. The zero-order valence-corrected chi connectivity index (χ0v) is 13.6. The van der Waals surface area contributed by atoms with Crippen molar-refractivity contribution in [3.05, 3.63) is 29.8 Å². The molecule has 3 N–H and O–H groups in total. The number of hydrogen-bond acceptors (Lipinski definition) is 4. The van der Waals surface area contributed by atoms with E-state index in [1.54, 1.807) is 13.8 Å². The van der Waals surface area contributed by atoms with Gasteiger partial charge >= 0.3 is 0 Å². The van der Waals surface area contributed by atoms with Gasteiger partial charge in [0.15, 0.2) is 6.61 Å². The molecule has 1 amide bonds. The highest BCUT2D eigenvalue weighted by molar-refractivity contribution is 5.78. The largest absolute Gasteiger partial charge is 0.484 e. The van der Waals surface area contributed by atoms with Gasteiger partial charge in [0, 0.05) is 18.6 Å². The Morgan fingerprint density at radius 2 is 2.00 bits per heavy atom. The van der Waals surface area contributed by atoms with Crippen LogP contribution in [0.15, 0.2) is 24.3 Å². The second kappa shape index (κ2) is 7.11. The van der Waals surface area contributed by atoms with Gasteiger partial charge in [-0.3, -0.25) is 4.79 Å². The molecule has 5 heteroatoms. The van der Waals surface area contributed by atoms with Gasteiger partial charge in [-0.05, 0) is 51.3 Å². The van der Waals surface area contributed by atoms with Gasteiger partial charge in [0.25, 0.3) is 5.91 Å². The minimum absolute atomic E-state index is 0.0579. The third-order valence-electron chi connectivity index (χ3n) is 3.53. The van der Waals surface area contributed by atoms with Crippen molar-refractivity contribution < 1.29 is 14.6 Å². The van der Waals surface area contributed by atoms with Crippen molar-refractivity contribution in [2.24, 2.45) is 0 Å². The maximum atomic E-state index is 11.6. The summed E-state index contributed by atoms with van der Waals surface area (Å²) in [4.78, 5) is 11.6. The van der Waals surface area contributed by atoms with Crippen LogP contribution in [0.4, 0.5) is 0 Å². The molecular formula is C17H26N2O3. The van der Waals surface area contributed by atoms with Crippen LogP contribution < -0.4 is 15.4 Å². The van der Waals surface area contributed by atoms with Crippen molar-refractivity contribution in [2.75, 3.05) is 13.2 Å². The van der Waals surface area contributed by atoms with Gasteiger partial charge in [0.05, 0.1) is 5.60 Å². The first-order valence-electron chi connectivity index (χ1n) is 7.81. The van der Waals surface area contributed by atoms with Crippen LogP contribution in [-0.2, 0) is 4.79 Å². The smallest absolute Gasteiger partial charge is 0.258 e. The van der Waals surface area contributed by atoms with Crippen molar-refractivity contribution >= 4 is 5.91 Å². The van der Waals surface area contributed by atoms with E-state index in [2.05, 4.69) is 10.6 Å². The molecule has 1 saturated carbocycles. The summed E-state index contributed by atoms with van der Waals surface area (Å²) in [6.45, 7) is 6.17. The highest BCUT2D eigenvalue weighted by Crippen LogP contribution is 2.19. The maximum absolute atomic E-state index is 11.6. The summed E-state index contributed by atoms with van der Waals surface area (Å²) in [5, 5.41) is 15.9. The number of carbonyl (C=O) groups is 1. The molecule has 1 fully saturated rings. The fraction of sp³-hybridized carbons (Fsp3) is 0.588. The summed E-state index contributed by atoms with van der Waals surface area (Å²) in [6, 6.07) is 8.16. The SMILES string of the molecule is CC(NCC(C)(C)O)c1ccc(OCC(=O)NC2CC2)cc1. The molecule has 0 aromatic heterocycles. The molecule has 1 aliphatic carbocycles. The summed E-state index contributed by atoms with van der Waals surface area (Å²) in [5.41, 5.74) is 0.380. The molecule has 5 nitrogen and oxygen atoms in total. The lowest BCUT2D eigenvalue weighted by molar-refractivity contribution is -0.123. The van der Waals surface area contributed by atoms with E-state index < -0.39 is 5.60 Å². The Balaban J connectivity index is 1.77. The second-order valence-electron chi connectivity index (χ2n) is 6.61. The minimum atomic E-state index is -0.730. The average Bonchev–Trinajstić information content (AvgIpc) is 3.26. The van der Waals surface area contributed by atoms with E-state index in [1.807, 2.05) is 31.2 Å². The number of rotatable bonds is 8. The van der Waals surface area contributed by atoms with Crippen LogP contribution in [0.5, 0.6) is 5.75 Å². The van der Waals surface area contributed by atoms with Gasteiger partial charge in [-0.1, -0.05) is 12.1 Å². The molecule has 1 unspecified atom stereocenters. The van der Waals surface area contributed by atoms with Crippen LogP contribution >= 0.6 is 0 Å². The Bertz CT molecular complexity index is 490. The molecule has 0 bridgehead atoms. The maximum Gasteiger partial charge on any atom is 0.258 e. The standard InChI is InChI=1S/C17H26N2O3/c1-12(18-11-17(2,3)21)13-4-8-15(9-5-13)22-10-16(20)19-14-6-7-14/h4-5,8-9,12,14,18,21H,6-7,10-11H2,1-3H3,(H,19,20). The first-order chi connectivity index (χ1) is 10.3. The number of nitrogens with one attached hydrogen (secondary N) is 2. The van der Waals surface area contributed by atoms with Gasteiger partial charge in [0.2, 0.25) is 0 Å². The Morgan fingerprint density at radius 3 is 2.55 bits per heavy atom. The molecule has 0 radical (unpaired) electrons. The summed E-state index contributed by atoms with van der Waals surface area (Å²) < 4.78 is 5.47. The fourth-order valence-corrected chi connectivity index (χ4v) is 2.02. The molecule has 0 saturated heterocycles. The van der Waals surface area contributed by atoms with E-state index in [4.69, 9.17) is 4.74 Å². The molecule has 1 aliphatic rings. The number of carbonyl (C=O) groups excluding carboxylic acids is 1. The lowest BCUT2D eigenvalue weighted by atomic mass is 10.1. The first kappa shape index (κ1) is 16.8. The molecule has 0 spiro atoms. The third kappa shape index (κ3) is 6.03. The predicted octanol–water partition coefficient (Wildman–Crippen LogP) is 1.77. The quantitative estimate of drug-likeness (QED) is 0.684. The normalized spacial score (nSPS) is 16.2. The predicted molar refractivity (Wildman–Crippen MR) is 85.8 cm³/mol. The Labute approximate surface area is 132 Å². The van der Waals surface area contributed by atoms with E-state index in [9.17, 15) is 9.90 Å². The number of hydrogen-bond donors (Lipinski definition) is 3. The summed E-state index contributed by atoms with van der Waals surface area (Å²) >= 11 is 0. The molecule has 2 rings (SSSR count). The lowest BCUT2D eigenvalue weighted by Gasteiger charge is -2.22. The van der Waals surface area contributed by atoms with Gasteiger partial charge in [-0.25, -0.2) is 0 Å². The van der Waals surface area contributed by atoms with Crippen LogP contribution in [0, 0.1) is 0 Å². The zero-order chi connectivity index (χ0) is 16.2.